The SMILES string of the molecule is CCNC(=O)CS(=O)CCC(=O)N(C)CCCN. The summed E-state index contributed by atoms with van der Waals surface area (Å²) in [6, 6.07) is 0. The van der Waals surface area contributed by atoms with Crippen molar-refractivity contribution < 1.29 is 13.8 Å². The summed E-state index contributed by atoms with van der Waals surface area (Å²) in [5.74, 6) is -0.108. The molecule has 0 rings (SSSR count). The molecule has 0 bridgehead atoms. The van der Waals surface area contributed by atoms with E-state index in [-0.39, 0.29) is 29.7 Å². The first kappa shape index (κ1) is 17.1. The van der Waals surface area contributed by atoms with Crippen molar-refractivity contribution in [1.29, 1.82) is 0 Å². The van der Waals surface area contributed by atoms with E-state index < -0.39 is 10.8 Å². The predicted molar refractivity (Wildman–Crippen MR) is 72.5 cm³/mol. The van der Waals surface area contributed by atoms with Gasteiger partial charge in [0.05, 0.1) is 0 Å². The molecule has 0 spiro atoms. The number of hydrogen-bond acceptors (Lipinski definition) is 4. The van der Waals surface area contributed by atoms with Gasteiger partial charge in [-0.25, -0.2) is 0 Å². The molecule has 18 heavy (non-hydrogen) atoms. The fourth-order valence-electron chi connectivity index (χ4n) is 1.31. The van der Waals surface area contributed by atoms with Gasteiger partial charge in [0.2, 0.25) is 11.8 Å². The second-order valence-corrected chi connectivity index (χ2v) is 5.53. The highest BCUT2D eigenvalue weighted by Gasteiger charge is 2.12. The van der Waals surface area contributed by atoms with Gasteiger partial charge in [0.1, 0.15) is 5.75 Å². The number of carbonyl (C=O) groups excluding carboxylic acids is 2. The molecule has 0 heterocycles. The van der Waals surface area contributed by atoms with Crippen LogP contribution in [-0.4, -0.2) is 59.1 Å². The third-order valence-electron chi connectivity index (χ3n) is 2.33. The van der Waals surface area contributed by atoms with E-state index in [4.69, 9.17) is 5.73 Å². The Morgan fingerprint density at radius 3 is 2.61 bits per heavy atom. The standard InChI is InChI=1S/C11H23N3O3S/c1-3-13-10(15)9-18(17)8-5-11(16)14(2)7-4-6-12/h3-9,12H2,1-2H3,(H,13,15). The number of nitrogens with two attached hydrogens (primary N) is 1. The van der Waals surface area contributed by atoms with Gasteiger partial charge in [-0.3, -0.25) is 13.8 Å². The molecular weight excluding hydrogens is 254 g/mol. The molecule has 0 saturated carbocycles. The Kier molecular flexibility index (Phi) is 9.49. The first-order valence-electron chi connectivity index (χ1n) is 6.07. The predicted octanol–water partition coefficient (Wildman–Crippen LogP) is -0.931. The maximum atomic E-state index is 11.6. The number of rotatable bonds is 9. The molecule has 0 aliphatic rings. The molecule has 1 atom stereocenters. The topological polar surface area (TPSA) is 92.5 Å². The van der Waals surface area contributed by atoms with Crippen LogP contribution in [0, 0.1) is 0 Å². The average molecular weight is 277 g/mol. The highest BCUT2D eigenvalue weighted by Crippen LogP contribution is 1.95. The van der Waals surface area contributed by atoms with Gasteiger partial charge in [0.25, 0.3) is 0 Å². The van der Waals surface area contributed by atoms with E-state index in [9.17, 15) is 13.8 Å². The van der Waals surface area contributed by atoms with Gasteiger partial charge in [0, 0.05) is 43.1 Å². The molecule has 0 aromatic rings. The van der Waals surface area contributed by atoms with Crippen LogP contribution < -0.4 is 11.1 Å². The fourth-order valence-corrected chi connectivity index (χ4v) is 2.25. The second kappa shape index (κ2) is 10.0. The quantitative estimate of drug-likeness (QED) is 0.569. The van der Waals surface area contributed by atoms with Gasteiger partial charge in [-0.05, 0) is 19.9 Å². The lowest BCUT2D eigenvalue weighted by atomic mass is 10.3. The molecule has 7 heteroatoms. The Morgan fingerprint density at radius 2 is 2.06 bits per heavy atom. The summed E-state index contributed by atoms with van der Waals surface area (Å²) in [5, 5.41) is 2.57. The molecule has 106 valence electrons. The Balaban J connectivity index is 3.83. The molecular formula is C11H23N3O3S. The van der Waals surface area contributed by atoms with Crippen molar-refractivity contribution >= 4 is 22.6 Å². The summed E-state index contributed by atoms with van der Waals surface area (Å²) < 4.78 is 11.5. The molecule has 0 radical (unpaired) electrons. The Labute approximate surface area is 111 Å². The normalized spacial score (nSPS) is 11.9. The monoisotopic (exact) mass is 277 g/mol. The van der Waals surface area contributed by atoms with Crippen LogP contribution in [0.4, 0.5) is 0 Å². The summed E-state index contributed by atoms with van der Waals surface area (Å²) in [4.78, 5) is 24.4. The third-order valence-corrected chi connectivity index (χ3v) is 3.58. The van der Waals surface area contributed by atoms with Crippen LogP contribution >= 0.6 is 0 Å². The zero-order valence-electron chi connectivity index (χ0n) is 11.1. The molecule has 0 saturated heterocycles. The van der Waals surface area contributed by atoms with Crippen LogP contribution in [0.2, 0.25) is 0 Å². The van der Waals surface area contributed by atoms with Crippen molar-refractivity contribution in [3.05, 3.63) is 0 Å². The van der Waals surface area contributed by atoms with Gasteiger partial charge in [0.15, 0.2) is 0 Å². The minimum absolute atomic E-state index is 0.0341. The van der Waals surface area contributed by atoms with Crippen molar-refractivity contribution in [1.82, 2.24) is 10.2 Å². The van der Waals surface area contributed by atoms with E-state index in [2.05, 4.69) is 5.32 Å². The van der Waals surface area contributed by atoms with Gasteiger partial charge < -0.3 is 16.0 Å². The van der Waals surface area contributed by atoms with Crippen LogP contribution in [0.5, 0.6) is 0 Å². The first-order chi connectivity index (χ1) is 8.51. The number of carbonyl (C=O) groups is 2. The first-order valence-corrected chi connectivity index (χ1v) is 7.55. The molecule has 0 fully saturated rings. The van der Waals surface area contributed by atoms with Gasteiger partial charge in [-0.15, -0.1) is 0 Å². The van der Waals surface area contributed by atoms with Crippen LogP contribution in [0.25, 0.3) is 0 Å². The maximum Gasteiger partial charge on any atom is 0.232 e. The smallest absolute Gasteiger partial charge is 0.232 e. The van der Waals surface area contributed by atoms with Gasteiger partial charge in [-0.1, -0.05) is 0 Å². The third kappa shape index (κ3) is 8.19. The van der Waals surface area contributed by atoms with Crippen molar-refractivity contribution in [2.75, 3.05) is 38.2 Å². The molecule has 1 unspecified atom stereocenters. The number of hydrogen-bond donors (Lipinski definition) is 2. The van der Waals surface area contributed by atoms with Gasteiger partial charge in [-0.2, -0.15) is 0 Å². The average Bonchev–Trinajstić information content (AvgIpc) is 2.33. The Hall–Kier alpha value is -0.950. The van der Waals surface area contributed by atoms with Crippen LogP contribution in [0.15, 0.2) is 0 Å². The molecule has 3 N–H and O–H groups in total. The van der Waals surface area contributed by atoms with Crippen LogP contribution in [0.3, 0.4) is 0 Å². The largest absolute Gasteiger partial charge is 0.356 e. The highest BCUT2D eigenvalue weighted by atomic mass is 32.2. The number of amides is 2. The van der Waals surface area contributed by atoms with E-state index in [0.717, 1.165) is 6.42 Å². The zero-order valence-corrected chi connectivity index (χ0v) is 11.9. The second-order valence-electron chi connectivity index (χ2n) is 3.95. The van der Waals surface area contributed by atoms with E-state index >= 15 is 0 Å². The summed E-state index contributed by atoms with van der Waals surface area (Å²) in [5.41, 5.74) is 5.35. The summed E-state index contributed by atoms with van der Waals surface area (Å²) in [7, 11) is 0.420. The summed E-state index contributed by atoms with van der Waals surface area (Å²) >= 11 is 0. The van der Waals surface area contributed by atoms with Crippen LogP contribution in [-0.2, 0) is 20.4 Å². The molecule has 0 aliphatic heterocycles. The van der Waals surface area contributed by atoms with E-state index in [0.29, 0.717) is 19.6 Å². The van der Waals surface area contributed by atoms with Crippen molar-refractivity contribution in [2.24, 2.45) is 5.73 Å². The molecule has 0 aliphatic carbocycles. The van der Waals surface area contributed by atoms with Crippen LogP contribution in [0.1, 0.15) is 19.8 Å². The number of nitrogens with zero attached hydrogens (tertiary/aromatic N) is 1. The fraction of sp³-hybridized carbons (Fsp3) is 0.818. The summed E-state index contributed by atoms with van der Waals surface area (Å²) in [6.45, 7) is 3.48. The maximum absolute atomic E-state index is 11.6. The van der Waals surface area contributed by atoms with Crippen molar-refractivity contribution in [3.8, 4) is 0 Å². The Bertz CT molecular complexity index is 297. The van der Waals surface area contributed by atoms with Crippen molar-refractivity contribution in [3.63, 3.8) is 0 Å². The molecule has 0 aromatic carbocycles. The highest BCUT2D eigenvalue weighted by molar-refractivity contribution is 7.85. The van der Waals surface area contributed by atoms with E-state index in [1.54, 1.807) is 18.9 Å². The minimum atomic E-state index is -1.28. The molecule has 0 aromatic heterocycles. The summed E-state index contributed by atoms with van der Waals surface area (Å²) in [6.07, 6.45) is 0.956. The van der Waals surface area contributed by atoms with Crippen molar-refractivity contribution in [2.45, 2.75) is 19.8 Å². The lowest BCUT2D eigenvalue weighted by molar-refractivity contribution is -0.129. The zero-order chi connectivity index (χ0) is 14.0. The minimum Gasteiger partial charge on any atom is -0.356 e. The molecule has 6 nitrogen and oxygen atoms in total. The lowest BCUT2D eigenvalue weighted by Gasteiger charge is -2.16. The van der Waals surface area contributed by atoms with Gasteiger partial charge >= 0.3 is 0 Å². The van der Waals surface area contributed by atoms with E-state index in [1.807, 2.05) is 0 Å². The lowest BCUT2D eigenvalue weighted by Crippen LogP contribution is -2.31. The molecule has 2 amide bonds. The van der Waals surface area contributed by atoms with E-state index in [1.165, 1.54) is 0 Å². The number of nitrogens with one attached hydrogen (secondary N) is 1. The Morgan fingerprint density at radius 1 is 1.39 bits per heavy atom.